The summed E-state index contributed by atoms with van der Waals surface area (Å²) >= 11 is 0. The van der Waals surface area contributed by atoms with Crippen LogP contribution in [0.3, 0.4) is 0 Å². The van der Waals surface area contributed by atoms with Crippen molar-refractivity contribution in [2.24, 2.45) is 5.92 Å². The molecule has 0 saturated carbocycles. The third-order valence-electron chi connectivity index (χ3n) is 3.70. The fourth-order valence-electron chi connectivity index (χ4n) is 2.28. The minimum Gasteiger partial charge on any atom is -0.353 e. The second-order valence-corrected chi connectivity index (χ2v) is 4.89. The van der Waals surface area contributed by atoms with Crippen LogP contribution < -0.4 is 0 Å². The quantitative estimate of drug-likeness (QED) is 0.654. The average Bonchev–Trinajstić information content (AvgIpc) is 2.40. The van der Waals surface area contributed by atoms with E-state index in [0.717, 1.165) is 45.1 Å². The summed E-state index contributed by atoms with van der Waals surface area (Å²) in [5, 5.41) is 0. The van der Waals surface area contributed by atoms with Gasteiger partial charge in [-0.2, -0.15) is 0 Å². The van der Waals surface area contributed by atoms with Crippen LogP contribution in [0.2, 0.25) is 0 Å². The topological polar surface area (TPSA) is 21.7 Å². The SMILES string of the molecule is CCC(CC)CN(CC)CCC1OCCCO1. The van der Waals surface area contributed by atoms with Crippen molar-refractivity contribution in [2.45, 2.75) is 52.7 Å². The summed E-state index contributed by atoms with van der Waals surface area (Å²) in [5.41, 5.74) is 0. The van der Waals surface area contributed by atoms with Gasteiger partial charge in [0.05, 0.1) is 13.2 Å². The van der Waals surface area contributed by atoms with Crippen LogP contribution in [0.4, 0.5) is 0 Å². The Morgan fingerprint density at radius 1 is 1.12 bits per heavy atom. The zero-order valence-corrected chi connectivity index (χ0v) is 11.8. The Labute approximate surface area is 106 Å². The minimum atomic E-state index is 0.0412. The van der Waals surface area contributed by atoms with Gasteiger partial charge in [0.2, 0.25) is 0 Å². The second-order valence-electron chi connectivity index (χ2n) is 4.89. The molecule has 1 saturated heterocycles. The summed E-state index contributed by atoms with van der Waals surface area (Å²) in [6.07, 6.45) is 4.65. The van der Waals surface area contributed by atoms with Crippen molar-refractivity contribution < 1.29 is 9.47 Å². The van der Waals surface area contributed by atoms with Crippen molar-refractivity contribution in [1.82, 2.24) is 4.90 Å². The number of ether oxygens (including phenoxy) is 2. The zero-order chi connectivity index (χ0) is 12.5. The molecule has 0 radical (unpaired) electrons. The van der Waals surface area contributed by atoms with Crippen molar-refractivity contribution in [3.05, 3.63) is 0 Å². The molecule has 0 unspecified atom stereocenters. The lowest BCUT2D eigenvalue weighted by molar-refractivity contribution is -0.182. The summed E-state index contributed by atoms with van der Waals surface area (Å²) in [7, 11) is 0. The van der Waals surface area contributed by atoms with E-state index in [0.29, 0.717) is 0 Å². The molecule has 1 heterocycles. The minimum absolute atomic E-state index is 0.0412. The molecule has 102 valence electrons. The summed E-state index contributed by atoms with van der Waals surface area (Å²) in [6.45, 7) is 12.0. The lowest BCUT2D eigenvalue weighted by Gasteiger charge is -2.28. The predicted octanol–water partition coefficient (Wildman–Crippen LogP) is 2.90. The van der Waals surface area contributed by atoms with Gasteiger partial charge in [-0.1, -0.05) is 33.6 Å². The first kappa shape index (κ1) is 14.9. The molecule has 0 amide bonds. The first-order valence-electron chi connectivity index (χ1n) is 7.25. The van der Waals surface area contributed by atoms with E-state index in [1.165, 1.54) is 19.4 Å². The van der Waals surface area contributed by atoms with Crippen molar-refractivity contribution in [2.75, 3.05) is 32.8 Å². The van der Waals surface area contributed by atoms with Crippen LogP contribution in [0.15, 0.2) is 0 Å². The van der Waals surface area contributed by atoms with E-state index in [-0.39, 0.29) is 6.29 Å². The van der Waals surface area contributed by atoms with Gasteiger partial charge >= 0.3 is 0 Å². The molecule has 3 nitrogen and oxygen atoms in total. The number of hydrogen-bond donors (Lipinski definition) is 0. The lowest BCUT2D eigenvalue weighted by atomic mass is 10.0. The molecule has 3 heteroatoms. The van der Waals surface area contributed by atoms with Gasteiger partial charge in [0.25, 0.3) is 0 Å². The number of rotatable bonds is 8. The van der Waals surface area contributed by atoms with Gasteiger partial charge in [0.1, 0.15) is 0 Å². The maximum Gasteiger partial charge on any atom is 0.158 e. The standard InChI is InChI=1S/C14H29NO2/c1-4-13(5-2)12-15(6-3)9-8-14-16-10-7-11-17-14/h13-14H,4-12H2,1-3H3. The van der Waals surface area contributed by atoms with E-state index < -0.39 is 0 Å². The highest BCUT2D eigenvalue weighted by molar-refractivity contribution is 4.64. The Kier molecular flexibility index (Phi) is 7.82. The normalized spacial score (nSPS) is 18.2. The highest BCUT2D eigenvalue weighted by Gasteiger charge is 2.16. The van der Waals surface area contributed by atoms with Crippen LogP contribution in [0.5, 0.6) is 0 Å². The Morgan fingerprint density at radius 3 is 2.29 bits per heavy atom. The fraction of sp³-hybridized carbons (Fsp3) is 1.00. The molecule has 0 aromatic heterocycles. The molecule has 0 aliphatic carbocycles. The van der Waals surface area contributed by atoms with Gasteiger partial charge in [-0.3, -0.25) is 0 Å². The maximum atomic E-state index is 5.58. The molecular weight excluding hydrogens is 214 g/mol. The summed E-state index contributed by atoms with van der Waals surface area (Å²) in [6, 6.07) is 0. The Hall–Kier alpha value is -0.120. The van der Waals surface area contributed by atoms with Crippen molar-refractivity contribution >= 4 is 0 Å². The average molecular weight is 243 g/mol. The summed E-state index contributed by atoms with van der Waals surface area (Å²) in [5.74, 6) is 0.836. The molecular formula is C14H29NO2. The van der Waals surface area contributed by atoms with Crippen LogP contribution in [-0.2, 0) is 9.47 Å². The number of nitrogens with zero attached hydrogens (tertiary/aromatic N) is 1. The molecule has 0 aromatic carbocycles. The monoisotopic (exact) mass is 243 g/mol. The Bertz CT molecular complexity index is 177. The van der Waals surface area contributed by atoms with Crippen LogP contribution >= 0.6 is 0 Å². The van der Waals surface area contributed by atoms with E-state index in [9.17, 15) is 0 Å². The van der Waals surface area contributed by atoms with Crippen molar-refractivity contribution in [3.63, 3.8) is 0 Å². The van der Waals surface area contributed by atoms with Crippen molar-refractivity contribution in [1.29, 1.82) is 0 Å². The fourth-order valence-corrected chi connectivity index (χ4v) is 2.28. The van der Waals surface area contributed by atoms with E-state index in [4.69, 9.17) is 9.47 Å². The largest absolute Gasteiger partial charge is 0.353 e. The van der Waals surface area contributed by atoms with E-state index in [1.54, 1.807) is 0 Å². The van der Waals surface area contributed by atoms with Gasteiger partial charge in [-0.05, 0) is 18.9 Å². The zero-order valence-electron chi connectivity index (χ0n) is 11.8. The first-order valence-corrected chi connectivity index (χ1v) is 7.25. The molecule has 0 aromatic rings. The van der Waals surface area contributed by atoms with Gasteiger partial charge in [0.15, 0.2) is 6.29 Å². The van der Waals surface area contributed by atoms with Gasteiger partial charge in [0, 0.05) is 19.5 Å². The van der Waals surface area contributed by atoms with Gasteiger partial charge in [-0.25, -0.2) is 0 Å². The molecule has 1 aliphatic rings. The summed E-state index contributed by atoms with van der Waals surface area (Å²) < 4.78 is 11.2. The van der Waals surface area contributed by atoms with Gasteiger partial charge < -0.3 is 14.4 Å². The molecule has 1 rings (SSSR count). The molecule has 1 aliphatic heterocycles. The molecule has 0 N–H and O–H groups in total. The third kappa shape index (κ3) is 5.84. The Balaban J connectivity index is 2.20. The van der Waals surface area contributed by atoms with Crippen LogP contribution in [0.1, 0.15) is 46.5 Å². The van der Waals surface area contributed by atoms with Crippen molar-refractivity contribution in [3.8, 4) is 0 Å². The predicted molar refractivity (Wildman–Crippen MR) is 71.1 cm³/mol. The molecule has 17 heavy (non-hydrogen) atoms. The van der Waals surface area contributed by atoms with Crippen LogP contribution in [0.25, 0.3) is 0 Å². The molecule has 1 fully saturated rings. The molecule has 0 atom stereocenters. The summed E-state index contributed by atoms with van der Waals surface area (Å²) in [4.78, 5) is 2.53. The Morgan fingerprint density at radius 2 is 1.76 bits per heavy atom. The van der Waals surface area contributed by atoms with E-state index in [2.05, 4.69) is 25.7 Å². The van der Waals surface area contributed by atoms with E-state index in [1.807, 2.05) is 0 Å². The highest BCUT2D eigenvalue weighted by Crippen LogP contribution is 2.13. The van der Waals surface area contributed by atoms with Crippen LogP contribution in [-0.4, -0.2) is 44.0 Å². The molecule has 0 spiro atoms. The highest BCUT2D eigenvalue weighted by atomic mass is 16.7. The van der Waals surface area contributed by atoms with Crippen LogP contribution in [0, 0.1) is 5.92 Å². The van der Waals surface area contributed by atoms with Gasteiger partial charge in [-0.15, -0.1) is 0 Å². The van der Waals surface area contributed by atoms with E-state index >= 15 is 0 Å². The maximum absolute atomic E-state index is 5.58. The lowest BCUT2D eigenvalue weighted by Crippen LogP contribution is -2.34. The number of hydrogen-bond acceptors (Lipinski definition) is 3. The second kappa shape index (κ2) is 8.90. The smallest absolute Gasteiger partial charge is 0.158 e. The third-order valence-corrected chi connectivity index (χ3v) is 3.70. The first-order chi connectivity index (χ1) is 8.30. The molecule has 0 bridgehead atoms.